The third-order valence-electron chi connectivity index (χ3n) is 2.98. The Hall–Kier alpha value is -1.83. The number of ketones is 1. The van der Waals surface area contributed by atoms with Crippen molar-refractivity contribution in [3.05, 3.63) is 41.0 Å². The van der Waals surface area contributed by atoms with Crippen LogP contribution in [0.15, 0.2) is 24.3 Å². The smallest absolute Gasteiger partial charge is 0.170 e. The summed E-state index contributed by atoms with van der Waals surface area (Å²) in [6.45, 7) is 0. The number of aromatic hydroxyl groups is 1. The monoisotopic (exact) mass is 198 g/mol. The minimum atomic E-state index is 0.0170. The Morgan fingerprint density at radius 3 is 2.87 bits per heavy atom. The van der Waals surface area contributed by atoms with E-state index < -0.39 is 0 Å². The lowest BCUT2D eigenvalue weighted by Gasteiger charge is -2.22. The molecule has 0 saturated carbocycles. The van der Waals surface area contributed by atoms with Gasteiger partial charge in [-0.15, -0.1) is 0 Å². The van der Waals surface area contributed by atoms with Crippen LogP contribution in [0.1, 0.15) is 34.3 Å². The average molecular weight is 198 g/mol. The van der Waals surface area contributed by atoms with Gasteiger partial charge in [-0.05, 0) is 29.2 Å². The molecule has 3 rings (SSSR count). The summed E-state index contributed by atoms with van der Waals surface area (Å²) in [5.41, 5.74) is 3.65. The Balaban J connectivity index is 2.41. The van der Waals surface area contributed by atoms with Gasteiger partial charge in [-0.3, -0.25) is 4.79 Å². The van der Waals surface area contributed by atoms with Gasteiger partial charge in [0.25, 0.3) is 0 Å². The number of hydrogen-bond donors (Lipinski definition) is 1. The van der Waals surface area contributed by atoms with Crippen LogP contribution < -0.4 is 0 Å². The zero-order chi connectivity index (χ0) is 10.4. The summed E-state index contributed by atoms with van der Waals surface area (Å²) >= 11 is 0. The first-order valence-electron chi connectivity index (χ1n) is 5.02. The summed E-state index contributed by atoms with van der Waals surface area (Å²) in [5.74, 6) is 0.128. The normalized spacial score (nSPS) is 17.3. The largest absolute Gasteiger partial charge is 0.507 e. The molecule has 2 heteroatoms. The molecule has 74 valence electrons. The predicted molar refractivity (Wildman–Crippen MR) is 58.7 cm³/mol. The molecule has 2 aliphatic rings. The van der Waals surface area contributed by atoms with E-state index in [1.165, 1.54) is 0 Å². The Kier molecular flexibility index (Phi) is 1.60. The first-order valence-corrected chi connectivity index (χ1v) is 5.02. The molecule has 0 atom stereocenters. The van der Waals surface area contributed by atoms with Crippen molar-refractivity contribution < 1.29 is 9.90 Å². The van der Waals surface area contributed by atoms with Gasteiger partial charge in [0.05, 0.1) is 5.56 Å². The second-order valence-corrected chi connectivity index (χ2v) is 3.89. The lowest BCUT2D eigenvalue weighted by Crippen LogP contribution is -2.11. The summed E-state index contributed by atoms with van der Waals surface area (Å²) in [7, 11) is 0. The van der Waals surface area contributed by atoms with Crippen molar-refractivity contribution in [3.63, 3.8) is 0 Å². The highest BCUT2D eigenvalue weighted by molar-refractivity contribution is 6.08. The van der Waals surface area contributed by atoms with Crippen molar-refractivity contribution in [3.8, 4) is 5.75 Å². The lowest BCUT2D eigenvalue weighted by atomic mass is 9.82. The summed E-state index contributed by atoms with van der Waals surface area (Å²) in [6.07, 6.45) is 7.33. The highest BCUT2D eigenvalue weighted by Gasteiger charge is 2.25. The number of benzene rings is 1. The van der Waals surface area contributed by atoms with E-state index in [0.29, 0.717) is 12.0 Å². The van der Waals surface area contributed by atoms with Gasteiger partial charge < -0.3 is 5.11 Å². The van der Waals surface area contributed by atoms with Gasteiger partial charge in [-0.25, -0.2) is 0 Å². The molecule has 0 saturated heterocycles. The van der Waals surface area contributed by atoms with Crippen LogP contribution >= 0.6 is 0 Å². The lowest BCUT2D eigenvalue weighted by molar-refractivity contribution is 0.0991. The van der Waals surface area contributed by atoms with Crippen LogP contribution in [0.25, 0.3) is 11.6 Å². The van der Waals surface area contributed by atoms with Crippen molar-refractivity contribution in [2.75, 3.05) is 0 Å². The van der Waals surface area contributed by atoms with Crippen LogP contribution in [0.5, 0.6) is 5.75 Å². The van der Waals surface area contributed by atoms with Crippen molar-refractivity contribution >= 4 is 17.4 Å². The minimum Gasteiger partial charge on any atom is -0.507 e. The number of hydrogen-bond acceptors (Lipinski definition) is 2. The number of carbonyl (C=O) groups excluding carboxylic acids is 1. The number of Topliss-reactive ketones (excluding diaryl/α,β-unsaturated/α-hetero) is 1. The van der Waals surface area contributed by atoms with Crippen LogP contribution in [-0.2, 0) is 0 Å². The van der Waals surface area contributed by atoms with E-state index in [9.17, 15) is 9.90 Å². The summed E-state index contributed by atoms with van der Waals surface area (Å²) in [6, 6.07) is 3.46. The molecule has 1 aromatic carbocycles. The van der Waals surface area contributed by atoms with Gasteiger partial charge in [-0.1, -0.05) is 24.3 Å². The molecule has 0 heterocycles. The highest BCUT2D eigenvalue weighted by atomic mass is 16.3. The van der Waals surface area contributed by atoms with Crippen molar-refractivity contribution in [1.29, 1.82) is 0 Å². The first-order chi connectivity index (χ1) is 7.27. The fraction of sp³-hybridized carbons (Fsp3) is 0.154. The maximum Gasteiger partial charge on any atom is 0.170 e. The standard InChI is InChI=1S/C13H10O2/c14-10-6-4-8-2-1-3-9-5-7-11(15)13(10)12(8)9/h1-2,4-6,14H,3,7H2. The molecule has 2 nitrogen and oxygen atoms in total. The van der Waals surface area contributed by atoms with Gasteiger partial charge in [-0.2, -0.15) is 0 Å². The molecule has 0 unspecified atom stereocenters. The number of allylic oxidation sites excluding steroid dienone is 3. The van der Waals surface area contributed by atoms with Gasteiger partial charge in [0.1, 0.15) is 5.75 Å². The number of phenolic OH excluding ortho intramolecular Hbond substituents is 1. The zero-order valence-corrected chi connectivity index (χ0v) is 8.16. The molecule has 0 amide bonds. The van der Waals surface area contributed by atoms with Crippen LogP contribution in [0.3, 0.4) is 0 Å². The van der Waals surface area contributed by atoms with Crippen LogP contribution in [0.4, 0.5) is 0 Å². The second-order valence-electron chi connectivity index (χ2n) is 3.89. The van der Waals surface area contributed by atoms with Gasteiger partial charge >= 0.3 is 0 Å². The molecule has 0 spiro atoms. The third kappa shape index (κ3) is 1.08. The number of phenols is 1. The first kappa shape index (κ1) is 8.48. The molecule has 0 aliphatic heterocycles. The fourth-order valence-corrected chi connectivity index (χ4v) is 2.29. The van der Waals surface area contributed by atoms with Crippen LogP contribution in [0, 0.1) is 0 Å². The van der Waals surface area contributed by atoms with E-state index in [1.54, 1.807) is 6.07 Å². The Morgan fingerprint density at radius 2 is 2.00 bits per heavy atom. The number of carbonyl (C=O) groups is 1. The quantitative estimate of drug-likeness (QED) is 0.696. The summed E-state index contributed by atoms with van der Waals surface area (Å²) < 4.78 is 0. The van der Waals surface area contributed by atoms with E-state index in [1.807, 2.05) is 18.2 Å². The molecule has 0 fully saturated rings. The molecule has 1 N–H and O–H groups in total. The van der Waals surface area contributed by atoms with E-state index in [-0.39, 0.29) is 11.5 Å². The van der Waals surface area contributed by atoms with Gasteiger partial charge in [0.15, 0.2) is 5.78 Å². The van der Waals surface area contributed by atoms with Gasteiger partial charge in [0, 0.05) is 6.42 Å². The topological polar surface area (TPSA) is 37.3 Å². The van der Waals surface area contributed by atoms with Crippen LogP contribution in [-0.4, -0.2) is 10.9 Å². The summed E-state index contributed by atoms with van der Waals surface area (Å²) in [5, 5.41) is 9.72. The molecule has 2 aliphatic carbocycles. The molecule has 1 aromatic rings. The Labute approximate surface area is 87.6 Å². The Bertz CT molecular complexity index is 522. The molecular weight excluding hydrogens is 188 g/mol. The Morgan fingerprint density at radius 1 is 1.13 bits per heavy atom. The van der Waals surface area contributed by atoms with E-state index in [0.717, 1.165) is 23.1 Å². The maximum atomic E-state index is 11.7. The molecule has 0 aromatic heterocycles. The number of rotatable bonds is 0. The molecule has 0 radical (unpaired) electrons. The van der Waals surface area contributed by atoms with E-state index in [2.05, 4.69) is 6.08 Å². The molecule has 0 bridgehead atoms. The maximum absolute atomic E-state index is 11.7. The zero-order valence-electron chi connectivity index (χ0n) is 8.16. The molecule has 15 heavy (non-hydrogen) atoms. The van der Waals surface area contributed by atoms with Gasteiger partial charge in [0.2, 0.25) is 0 Å². The SMILES string of the molecule is O=C1CC=C2CC=Cc3ccc(O)c1c32. The van der Waals surface area contributed by atoms with Crippen molar-refractivity contribution in [1.82, 2.24) is 0 Å². The average Bonchev–Trinajstić information content (AvgIpc) is 2.25. The van der Waals surface area contributed by atoms with E-state index >= 15 is 0 Å². The minimum absolute atomic E-state index is 0.0170. The highest BCUT2D eigenvalue weighted by Crippen LogP contribution is 2.39. The summed E-state index contributed by atoms with van der Waals surface area (Å²) in [4.78, 5) is 11.7. The predicted octanol–water partition coefficient (Wildman–Crippen LogP) is 2.78. The van der Waals surface area contributed by atoms with E-state index in [4.69, 9.17) is 0 Å². The van der Waals surface area contributed by atoms with Crippen LogP contribution in [0.2, 0.25) is 0 Å². The fourth-order valence-electron chi connectivity index (χ4n) is 2.29. The van der Waals surface area contributed by atoms with Crippen molar-refractivity contribution in [2.24, 2.45) is 0 Å². The second kappa shape index (κ2) is 2.83. The molecular formula is C13H10O2. The van der Waals surface area contributed by atoms with Crippen molar-refractivity contribution in [2.45, 2.75) is 12.8 Å². The third-order valence-corrected chi connectivity index (χ3v) is 2.98.